The molecule has 2 heteroatoms. The summed E-state index contributed by atoms with van der Waals surface area (Å²) in [7, 11) is 0. The fraction of sp³-hybridized carbons (Fsp3) is 0.538. The lowest BCUT2D eigenvalue weighted by molar-refractivity contribution is 0.470. The van der Waals surface area contributed by atoms with Crippen LogP contribution in [-0.2, 0) is 6.42 Å². The van der Waals surface area contributed by atoms with E-state index in [2.05, 4.69) is 11.0 Å². The Labute approximate surface area is 90.5 Å². The van der Waals surface area contributed by atoms with E-state index in [-0.39, 0.29) is 0 Å². The fourth-order valence-corrected chi connectivity index (χ4v) is 3.04. The van der Waals surface area contributed by atoms with E-state index in [0.29, 0.717) is 5.75 Å². The van der Waals surface area contributed by atoms with Crippen LogP contribution in [-0.4, -0.2) is 17.7 Å². The molecule has 0 unspecified atom stereocenters. The molecule has 1 saturated carbocycles. The SMILES string of the molecule is Oc1cccc2c1CCN2C1CCCC1. The Morgan fingerprint density at radius 1 is 1.20 bits per heavy atom. The molecule has 1 aliphatic heterocycles. The van der Waals surface area contributed by atoms with E-state index < -0.39 is 0 Å². The molecule has 1 aliphatic carbocycles. The van der Waals surface area contributed by atoms with E-state index in [1.165, 1.54) is 31.4 Å². The molecule has 3 rings (SSSR count). The van der Waals surface area contributed by atoms with Crippen LogP contribution in [0.3, 0.4) is 0 Å². The topological polar surface area (TPSA) is 23.5 Å². The van der Waals surface area contributed by atoms with Crippen molar-refractivity contribution in [3.63, 3.8) is 0 Å². The molecule has 1 N–H and O–H groups in total. The Hall–Kier alpha value is -1.18. The summed E-state index contributed by atoms with van der Waals surface area (Å²) in [6, 6.07) is 6.65. The van der Waals surface area contributed by atoms with Crippen LogP contribution in [0.5, 0.6) is 5.75 Å². The number of anilines is 1. The van der Waals surface area contributed by atoms with Gasteiger partial charge >= 0.3 is 0 Å². The lowest BCUT2D eigenvalue weighted by Crippen LogP contribution is -2.31. The molecule has 1 fully saturated rings. The maximum Gasteiger partial charge on any atom is 0.120 e. The van der Waals surface area contributed by atoms with Crippen molar-refractivity contribution in [2.24, 2.45) is 0 Å². The van der Waals surface area contributed by atoms with Gasteiger partial charge in [-0.15, -0.1) is 0 Å². The van der Waals surface area contributed by atoms with Crippen molar-refractivity contribution in [1.29, 1.82) is 0 Å². The van der Waals surface area contributed by atoms with E-state index in [4.69, 9.17) is 0 Å². The van der Waals surface area contributed by atoms with Crippen molar-refractivity contribution in [2.75, 3.05) is 11.4 Å². The van der Waals surface area contributed by atoms with Crippen LogP contribution in [0.1, 0.15) is 31.2 Å². The maximum absolute atomic E-state index is 9.77. The summed E-state index contributed by atoms with van der Waals surface area (Å²) in [5, 5.41) is 9.77. The molecule has 1 aromatic rings. The molecule has 2 aliphatic rings. The van der Waals surface area contributed by atoms with Crippen LogP contribution in [0.4, 0.5) is 5.69 Å². The second-order valence-corrected chi connectivity index (χ2v) is 4.66. The Balaban J connectivity index is 1.94. The van der Waals surface area contributed by atoms with Gasteiger partial charge in [0.05, 0.1) is 0 Å². The number of phenols is 1. The average molecular weight is 203 g/mol. The number of nitrogens with zero attached hydrogens (tertiary/aromatic N) is 1. The molecule has 1 aromatic carbocycles. The van der Waals surface area contributed by atoms with Gasteiger partial charge in [0, 0.05) is 23.8 Å². The first-order valence-corrected chi connectivity index (χ1v) is 5.94. The molecule has 0 amide bonds. The third-order valence-electron chi connectivity index (χ3n) is 3.80. The van der Waals surface area contributed by atoms with Crippen molar-refractivity contribution < 1.29 is 5.11 Å². The second kappa shape index (κ2) is 3.44. The predicted molar refractivity (Wildman–Crippen MR) is 61.4 cm³/mol. The summed E-state index contributed by atoms with van der Waals surface area (Å²) in [5.41, 5.74) is 2.44. The molecule has 1 heterocycles. The molecule has 0 aromatic heterocycles. The van der Waals surface area contributed by atoms with Crippen LogP contribution in [0, 0.1) is 0 Å². The van der Waals surface area contributed by atoms with Crippen LogP contribution in [0.25, 0.3) is 0 Å². The number of aromatic hydroxyl groups is 1. The van der Waals surface area contributed by atoms with Gasteiger partial charge < -0.3 is 10.0 Å². The highest BCUT2D eigenvalue weighted by atomic mass is 16.3. The van der Waals surface area contributed by atoms with E-state index in [0.717, 1.165) is 24.6 Å². The fourth-order valence-electron chi connectivity index (χ4n) is 3.04. The molecule has 0 atom stereocenters. The highest BCUT2D eigenvalue weighted by molar-refractivity contribution is 5.63. The molecule has 0 saturated heterocycles. The molecular formula is C13H17NO. The standard InChI is InChI=1S/C13H17NO/c15-13-7-3-6-12-11(13)8-9-14(12)10-4-1-2-5-10/h3,6-7,10,15H,1-2,4-5,8-9H2. The zero-order valence-corrected chi connectivity index (χ0v) is 8.95. The summed E-state index contributed by atoms with van der Waals surface area (Å²) >= 11 is 0. The van der Waals surface area contributed by atoms with Gasteiger partial charge in [0.25, 0.3) is 0 Å². The monoisotopic (exact) mass is 203 g/mol. The van der Waals surface area contributed by atoms with Gasteiger partial charge in [-0.25, -0.2) is 0 Å². The molecule has 2 nitrogen and oxygen atoms in total. The third-order valence-corrected chi connectivity index (χ3v) is 3.80. The number of rotatable bonds is 1. The van der Waals surface area contributed by atoms with Crippen LogP contribution < -0.4 is 4.90 Å². The average Bonchev–Trinajstić information content (AvgIpc) is 2.85. The molecule has 0 spiro atoms. The van der Waals surface area contributed by atoms with E-state index in [9.17, 15) is 5.11 Å². The molecular weight excluding hydrogens is 186 g/mol. The van der Waals surface area contributed by atoms with Crippen molar-refractivity contribution >= 4 is 5.69 Å². The Bertz CT molecular complexity index is 369. The molecule has 0 radical (unpaired) electrons. The van der Waals surface area contributed by atoms with Gasteiger partial charge in [-0.05, 0) is 31.4 Å². The number of benzene rings is 1. The normalized spacial score (nSPS) is 20.9. The lowest BCUT2D eigenvalue weighted by Gasteiger charge is -2.26. The minimum atomic E-state index is 0.480. The summed E-state index contributed by atoms with van der Waals surface area (Å²) in [5.74, 6) is 0.480. The smallest absolute Gasteiger partial charge is 0.120 e. The van der Waals surface area contributed by atoms with Gasteiger partial charge in [-0.2, -0.15) is 0 Å². The molecule has 80 valence electrons. The van der Waals surface area contributed by atoms with Gasteiger partial charge in [0.15, 0.2) is 0 Å². The first-order valence-electron chi connectivity index (χ1n) is 5.94. The lowest BCUT2D eigenvalue weighted by atomic mass is 10.1. The van der Waals surface area contributed by atoms with Gasteiger partial charge in [-0.3, -0.25) is 0 Å². The maximum atomic E-state index is 9.77. The zero-order valence-electron chi connectivity index (χ0n) is 8.95. The Morgan fingerprint density at radius 2 is 2.00 bits per heavy atom. The first kappa shape index (κ1) is 9.08. The van der Waals surface area contributed by atoms with Crippen molar-refractivity contribution in [3.8, 4) is 5.75 Å². The highest BCUT2D eigenvalue weighted by Gasteiger charge is 2.29. The summed E-state index contributed by atoms with van der Waals surface area (Å²) in [4.78, 5) is 2.50. The van der Waals surface area contributed by atoms with E-state index >= 15 is 0 Å². The largest absolute Gasteiger partial charge is 0.508 e. The third kappa shape index (κ3) is 1.39. The molecule has 15 heavy (non-hydrogen) atoms. The number of hydrogen-bond donors (Lipinski definition) is 1. The number of phenolic OH excluding ortho intramolecular Hbond substituents is 1. The number of hydrogen-bond acceptors (Lipinski definition) is 2. The quantitative estimate of drug-likeness (QED) is 0.758. The minimum absolute atomic E-state index is 0.480. The van der Waals surface area contributed by atoms with Crippen molar-refractivity contribution in [3.05, 3.63) is 23.8 Å². The summed E-state index contributed by atoms with van der Waals surface area (Å²) in [6.45, 7) is 1.09. The van der Waals surface area contributed by atoms with Gasteiger partial charge in [0.1, 0.15) is 5.75 Å². The van der Waals surface area contributed by atoms with Gasteiger partial charge in [0.2, 0.25) is 0 Å². The summed E-state index contributed by atoms with van der Waals surface area (Å²) < 4.78 is 0. The van der Waals surface area contributed by atoms with Crippen LogP contribution in [0.15, 0.2) is 18.2 Å². The van der Waals surface area contributed by atoms with Gasteiger partial charge in [-0.1, -0.05) is 18.9 Å². The Morgan fingerprint density at radius 3 is 2.80 bits per heavy atom. The number of fused-ring (bicyclic) bond motifs is 1. The highest BCUT2D eigenvalue weighted by Crippen LogP contribution is 2.38. The zero-order chi connectivity index (χ0) is 10.3. The van der Waals surface area contributed by atoms with E-state index in [1.807, 2.05) is 6.07 Å². The second-order valence-electron chi connectivity index (χ2n) is 4.66. The Kier molecular flexibility index (Phi) is 2.08. The van der Waals surface area contributed by atoms with Crippen LogP contribution >= 0.6 is 0 Å². The van der Waals surface area contributed by atoms with Crippen molar-refractivity contribution in [2.45, 2.75) is 38.1 Å². The molecule has 0 bridgehead atoms. The van der Waals surface area contributed by atoms with Crippen LogP contribution in [0.2, 0.25) is 0 Å². The minimum Gasteiger partial charge on any atom is -0.508 e. The summed E-state index contributed by atoms with van der Waals surface area (Å²) in [6.07, 6.45) is 6.41. The predicted octanol–water partition coefficient (Wildman–Crippen LogP) is 2.70. The van der Waals surface area contributed by atoms with E-state index in [1.54, 1.807) is 6.07 Å². The first-order chi connectivity index (χ1) is 7.36. The van der Waals surface area contributed by atoms with Crippen molar-refractivity contribution in [1.82, 2.24) is 0 Å².